The van der Waals surface area contributed by atoms with Crippen molar-refractivity contribution in [2.24, 2.45) is 0 Å². The van der Waals surface area contributed by atoms with Crippen molar-refractivity contribution in [3.63, 3.8) is 0 Å². The number of hydrogen-bond donors (Lipinski definition) is 2. The molecular weight excluding hydrogens is 270 g/mol. The summed E-state index contributed by atoms with van der Waals surface area (Å²) in [6.45, 7) is 0.638. The number of benzene rings is 2. The monoisotopic (exact) mass is 287 g/mol. The number of anilines is 1. The lowest BCUT2D eigenvalue weighted by atomic mass is 10.1. The predicted octanol–water partition coefficient (Wildman–Crippen LogP) is 2.69. The third-order valence-corrected chi connectivity index (χ3v) is 3.00. The van der Waals surface area contributed by atoms with Gasteiger partial charge in [0.25, 0.3) is 0 Å². The molecule has 0 aliphatic heterocycles. The average Bonchev–Trinajstić information content (AvgIpc) is 2.45. The molecular formula is C16H17NO4. The molecule has 3 N–H and O–H groups in total. The first-order chi connectivity index (χ1) is 10.1. The molecule has 0 radical (unpaired) electrons. The lowest BCUT2D eigenvalue weighted by molar-refractivity contribution is 0.0695. The second-order valence-corrected chi connectivity index (χ2v) is 4.56. The van der Waals surface area contributed by atoms with Gasteiger partial charge in [-0.1, -0.05) is 24.3 Å². The summed E-state index contributed by atoms with van der Waals surface area (Å²) < 4.78 is 10.7. The van der Waals surface area contributed by atoms with Crippen LogP contribution in [0, 0.1) is 0 Å². The number of ether oxygens (including phenoxy) is 2. The molecule has 0 atom stereocenters. The Bertz CT molecular complexity index is 640. The third-order valence-electron chi connectivity index (χ3n) is 3.00. The van der Waals surface area contributed by atoms with Crippen molar-refractivity contribution < 1.29 is 19.4 Å². The average molecular weight is 287 g/mol. The fourth-order valence-corrected chi connectivity index (χ4v) is 2.05. The van der Waals surface area contributed by atoms with Crippen LogP contribution in [0.25, 0.3) is 0 Å². The molecule has 0 saturated heterocycles. The molecule has 0 aromatic heterocycles. The fraction of sp³-hybridized carbons (Fsp3) is 0.188. The molecule has 0 saturated carbocycles. The number of carboxylic acid groups (broad SMARTS) is 1. The molecule has 0 amide bonds. The highest BCUT2D eigenvalue weighted by Crippen LogP contribution is 2.20. The van der Waals surface area contributed by atoms with Crippen molar-refractivity contribution >= 4 is 11.7 Å². The topological polar surface area (TPSA) is 81.8 Å². The Hall–Kier alpha value is -2.53. The van der Waals surface area contributed by atoms with Crippen molar-refractivity contribution in [1.29, 1.82) is 0 Å². The van der Waals surface area contributed by atoms with Gasteiger partial charge in [0.2, 0.25) is 0 Å². The SMILES string of the molecule is COCc1cccc(OCc2cccc(N)c2C(=O)O)c1. The van der Waals surface area contributed by atoms with Crippen molar-refractivity contribution in [1.82, 2.24) is 0 Å². The maximum atomic E-state index is 11.2. The molecule has 0 aliphatic rings. The zero-order valence-corrected chi connectivity index (χ0v) is 11.7. The number of nitrogen functional groups attached to an aromatic ring is 1. The number of hydrogen-bond acceptors (Lipinski definition) is 4. The number of aromatic carboxylic acids is 1. The van der Waals surface area contributed by atoms with Crippen LogP contribution in [0.5, 0.6) is 5.75 Å². The van der Waals surface area contributed by atoms with Crippen LogP contribution in [0.15, 0.2) is 42.5 Å². The van der Waals surface area contributed by atoms with E-state index in [1.807, 2.05) is 24.3 Å². The first-order valence-electron chi connectivity index (χ1n) is 6.43. The summed E-state index contributed by atoms with van der Waals surface area (Å²) in [6.07, 6.45) is 0. The van der Waals surface area contributed by atoms with Crippen LogP contribution in [0.3, 0.4) is 0 Å². The van der Waals surface area contributed by atoms with E-state index in [1.165, 1.54) is 0 Å². The predicted molar refractivity (Wildman–Crippen MR) is 79.3 cm³/mol. The molecule has 2 rings (SSSR count). The quantitative estimate of drug-likeness (QED) is 0.798. The van der Waals surface area contributed by atoms with Gasteiger partial charge in [0, 0.05) is 18.4 Å². The highest BCUT2D eigenvalue weighted by molar-refractivity contribution is 5.95. The Kier molecular flexibility index (Phi) is 4.79. The maximum absolute atomic E-state index is 11.2. The van der Waals surface area contributed by atoms with E-state index >= 15 is 0 Å². The largest absolute Gasteiger partial charge is 0.489 e. The molecule has 2 aromatic carbocycles. The van der Waals surface area contributed by atoms with Crippen LogP contribution in [0.1, 0.15) is 21.5 Å². The highest BCUT2D eigenvalue weighted by Gasteiger charge is 2.13. The summed E-state index contributed by atoms with van der Waals surface area (Å²) in [6, 6.07) is 12.4. The highest BCUT2D eigenvalue weighted by atomic mass is 16.5. The standard InChI is InChI=1S/C16H17NO4/c1-20-9-11-4-2-6-13(8-11)21-10-12-5-3-7-14(17)15(12)16(18)19/h2-8H,9-10,17H2,1H3,(H,18,19). The van der Waals surface area contributed by atoms with E-state index in [0.29, 0.717) is 17.9 Å². The van der Waals surface area contributed by atoms with Gasteiger partial charge in [-0.3, -0.25) is 0 Å². The molecule has 21 heavy (non-hydrogen) atoms. The smallest absolute Gasteiger partial charge is 0.338 e. The van der Waals surface area contributed by atoms with Gasteiger partial charge in [0.05, 0.1) is 12.2 Å². The molecule has 0 unspecified atom stereocenters. The molecule has 5 heteroatoms. The van der Waals surface area contributed by atoms with Gasteiger partial charge in [-0.15, -0.1) is 0 Å². The lowest BCUT2D eigenvalue weighted by Crippen LogP contribution is -2.09. The van der Waals surface area contributed by atoms with Crippen LogP contribution < -0.4 is 10.5 Å². The van der Waals surface area contributed by atoms with Crippen molar-refractivity contribution in [2.75, 3.05) is 12.8 Å². The zero-order valence-electron chi connectivity index (χ0n) is 11.7. The van der Waals surface area contributed by atoms with Crippen LogP contribution >= 0.6 is 0 Å². The molecule has 2 aromatic rings. The second kappa shape index (κ2) is 6.76. The minimum absolute atomic E-state index is 0.0885. The van der Waals surface area contributed by atoms with E-state index in [-0.39, 0.29) is 17.9 Å². The Morgan fingerprint density at radius 2 is 1.95 bits per heavy atom. The lowest BCUT2D eigenvalue weighted by Gasteiger charge is -2.11. The number of nitrogens with two attached hydrogens (primary N) is 1. The second-order valence-electron chi connectivity index (χ2n) is 4.56. The molecule has 0 fully saturated rings. The van der Waals surface area contributed by atoms with E-state index in [2.05, 4.69) is 0 Å². The Labute approximate surface area is 122 Å². The van der Waals surface area contributed by atoms with Gasteiger partial charge in [-0.25, -0.2) is 4.79 Å². The number of rotatable bonds is 6. The Balaban J connectivity index is 2.15. The van der Waals surface area contributed by atoms with Crippen molar-refractivity contribution in [2.45, 2.75) is 13.2 Å². The summed E-state index contributed by atoms with van der Waals surface area (Å²) >= 11 is 0. The summed E-state index contributed by atoms with van der Waals surface area (Å²) in [7, 11) is 1.62. The molecule has 0 bridgehead atoms. The van der Waals surface area contributed by atoms with Gasteiger partial charge in [0.15, 0.2) is 0 Å². The molecule has 5 nitrogen and oxygen atoms in total. The molecule has 0 heterocycles. The summed E-state index contributed by atoms with van der Waals surface area (Å²) in [4.78, 5) is 11.2. The van der Waals surface area contributed by atoms with E-state index in [1.54, 1.807) is 25.3 Å². The first kappa shape index (κ1) is 14.9. The summed E-state index contributed by atoms with van der Waals surface area (Å²) in [5.41, 5.74) is 7.55. The number of carbonyl (C=O) groups is 1. The molecule has 110 valence electrons. The maximum Gasteiger partial charge on any atom is 0.338 e. The van der Waals surface area contributed by atoms with E-state index in [0.717, 1.165) is 5.56 Å². The first-order valence-corrected chi connectivity index (χ1v) is 6.43. The number of methoxy groups -OCH3 is 1. The van der Waals surface area contributed by atoms with Crippen molar-refractivity contribution in [3.05, 3.63) is 59.2 Å². The summed E-state index contributed by atoms with van der Waals surface area (Å²) in [5, 5.41) is 9.21. The van der Waals surface area contributed by atoms with Crippen LogP contribution in [-0.4, -0.2) is 18.2 Å². The summed E-state index contributed by atoms with van der Waals surface area (Å²) in [5.74, 6) is -0.400. The molecule has 0 spiro atoms. The third kappa shape index (κ3) is 3.73. The minimum Gasteiger partial charge on any atom is -0.489 e. The van der Waals surface area contributed by atoms with Gasteiger partial charge in [-0.2, -0.15) is 0 Å². The van der Waals surface area contributed by atoms with Crippen molar-refractivity contribution in [3.8, 4) is 5.75 Å². The van der Waals surface area contributed by atoms with Crippen LogP contribution in [0.2, 0.25) is 0 Å². The molecule has 0 aliphatic carbocycles. The van der Waals surface area contributed by atoms with Crippen LogP contribution in [-0.2, 0) is 18.0 Å². The fourth-order valence-electron chi connectivity index (χ4n) is 2.05. The number of carboxylic acids is 1. The van der Waals surface area contributed by atoms with E-state index in [9.17, 15) is 9.90 Å². The van der Waals surface area contributed by atoms with Gasteiger partial charge in [0.1, 0.15) is 12.4 Å². The Morgan fingerprint density at radius 1 is 1.19 bits per heavy atom. The van der Waals surface area contributed by atoms with Gasteiger partial charge in [-0.05, 0) is 23.8 Å². The van der Waals surface area contributed by atoms with E-state index < -0.39 is 5.97 Å². The van der Waals surface area contributed by atoms with Crippen LogP contribution in [0.4, 0.5) is 5.69 Å². The van der Waals surface area contributed by atoms with E-state index in [4.69, 9.17) is 15.2 Å². The Morgan fingerprint density at radius 3 is 2.67 bits per heavy atom. The van der Waals surface area contributed by atoms with Gasteiger partial charge >= 0.3 is 5.97 Å². The van der Waals surface area contributed by atoms with Gasteiger partial charge < -0.3 is 20.3 Å². The zero-order chi connectivity index (χ0) is 15.2. The minimum atomic E-state index is -1.06. The normalized spacial score (nSPS) is 10.3.